The maximum Gasteiger partial charge on any atom is 0.252 e. The van der Waals surface area contributed by atoms with E-state index in [1.807, 2.05) is 19.9 Å². The zero-order chi connectivity index (χ0) is 19.9. The van der Waals surface area contributed by atoms with Crippen molar-refractivity contribution in [3.05, 3.63) is 23.5 Å². The molecule has 10 heteroatoms. The Morgan fingerprint density at radius 1 is 1.39 bits per heavy atom. The topological polar surface area (TPSA) is 89.8 Å². The van der Waals surface area contributed by atoms with Gasteiger partial charge in [0.05, 0.1) is 23.7 Å². The molecule has 0 radical (unpaired) electrons. The lowest BCUT2D eigenvalue weighted by atomic mass is 9.86. The molecule has 4 rings (SSSR count). The molecule has 2 fully saturated rings. The molecule has 2 aromatic heterocycles. The fraction of sp³-hybridized carbons (Fsp3) is 0.556. The van der Waals surface area contributed by atoms with Crippen molar-refractivity contribution in [2.75, 3.05) is 29.9 Å². The molecule has 1 aliphatic carbocycles. The second-order valence-corrected chi connectivity index (χ2v) is 8.48. The second-order valence-electron chi connectivity index (χ2n) is 7.67. The van der Waals surface area contributed by atoms with E-state index in [1.54, 1.807) is 6.20 Å². The van der Waals surface area contributed by atoms with E-state index in [0.29, 0.717) is 19.0 Å². The predicted molar refractivity (Wildman–Crippen MR) is 103 cm³/mol. The summed E-state index contributed by atoms with van der Waals surface area (Å²) in [5.41, 5.74) is 1.38. The van der Waals surface area contributed by atoms with Gasteiger partial charge in [-0.25, -0.2) is 13.8 Å². The smallest absolute Gasteiger partial charge is 0.252 e. The Bertz CT molecular complexity index is 917. The number of halogens is 2. The summed E-state index contributed by atoms with van der Waals surface area (Å²) < 4.78 is 30.5. The van der Waals surface area contributed by atoms with E-state index in [1.165, 1.54) is 11.5 Å². The van der Waals surface area contributed by atoms with Gasteiger partial charge in [-0.15, -0.1) is 0 Å². The zero-order valence-electron chi connectivity index (χ0n) is 15.7. The fourth-order valence-electron chi connectivity index (χ4n) is 3.45. The first-order valence-corrected chi connectivity index (χ1v) is 9.86. The van der Waals surface area contributed by atoms with E-state index in [4.69, 9.17) is 0 Å². The van der Waals surface area contributed by atoms with Crippen molar-refractivity contribution in [2.45, 2.75) is 38.2 Å². The molecule has 2 aliphatic rings. The number of aryl methyl sites for hydroxylation is 2. The van der Waals surface area contributed by atoms with Crippen molar-refractivity contribution in [2.24, 2.45) is 5.92 Å². The van der Waals surface area contributed by atoms with E-state index in [2.05, 4.69) is 35.9 Å². The summed E-state index contributed by atoms with van der Waals surface area (Å²) in [4.78, 5) is 11.0. The SMILES string of the molecule is Cc1cc(Nc2ncc(C)c(N3CC(CC#N)(NCC4CC4(F)F)C3)n2)sn1. The van der Waals surface area contributed by atoms with Gasteiger partial charge in [0.25, 0.3) is 5.92 Å². The third-order valence-corrected chi connectivity index (χ3v) is 5.99. The van der Waals surface area contributed by atoms with Crippen molar-refractivity contribution in [3.63, 3.8) is 0 Å². The van der Waals surface area contributed by atoms with Crippen LogP contribution in [0, 0.1) is 31.1 Å². The average Bonchev–Trinajstić information content (AvgIpc) is 3.01. The summed E-state index contributed by atoms with van der Waals surface area (Å²) in [6, 6.07) is 4.10. The number of aromatic nitrogens is 3. The number of anilines is 3. The highest BCUT2D eigenvalue weighted by Crippen LogP contribution is 2.48. The Morgan fingerprint density at radius 2 is 2.14 bits per heavy atom. The van der Waals surface area contributed by atoms with Crippen molar-refractivity contribution < 1.29 is 8.78 Å². The van der Waals surface area contributed by atoms with E-state index in [-0.39, 0.29) is 19.4 Å². The predicted octanol–water partition coefficient (Wildman–Crippen LogP) is 3.01. The molecule has 2 N–H and O–H groups in total. The molecule has 1 atom stereocenters. The number of nitriles is 1. The molecule has 1 saturated carbocycles. The Morgan fingerprint density at radius 3 is 2.75 bits per heavy atom. The van der Waals surface area contributed by atoms with Crippen molar-refractivity contribution in [3.8, 4) is 6.07 Å². The lowest BCUT2D eigenvalue weighted by Crippen LogP contribution is -2.70. The van der Waals surface area contributed by atoms with E-state index in [0.717, 1.165) is 22.1 Å². The Labute approximate surface area is 166 Å². The van der Waals surface area contributed by atoms with Gasteiger partial charge in [-0.1, -0.05) is 0 Å². The molecule has 0 bridgehead atoms. The van der Waals surface area contributed by atoms with Crippen LogP contribution in [0.15, 0.2) is 12.3 Å². The van der Waals surface area contributed by atoms with Crippen LogP contribution in [0.5, 0.6) is 0 Å². The van der Waals surface area contributed by atoms with Gasteiger partial charge in [-0.3, -0.25) is 0 Å². The lowest BCUT2D eigenvalue weighted by molar-refractivity contribution is 0.0951. The molecule has 148 valence electrons. The highest BCUT2D eigenvalue weighted by molar-refractivity contribution is 7.10. The number of nitrogens with zero attached hydrogens (tertiary/aromatic N) is 5. The molecule has 1 unspecified atom stereocenters. The number of rotatable bonds is 7. The highest BCUT2D eigenvalue weighted by atomic mass is 32.1. The molecule has 2 aromatic rings. The van der Waals surface area contributed by atoms with Crippen LogP contribution in [0.2, 0.25) is 0 Å². The quantitative estimate of drug-likeness (QED) is 0.732. The van der Waals surface area contributed by atoms with Crippen LogP contribution in [-0.4, -0.2) is 45.4 Å². The maximum atomic E-state index is 13.2. The van der Waals surface area contributed by atoms with Crippen LogP contribution in [0.25, 0.3) is 0 Å². The molecule has 0 aromatic carbocycles. The molecular formula is C18H21F2N7S. The Hall–Kier alpha value is -2.38. The normalized spacial score (nSPS) is 21.7. The number of hydrogen-bond acceptors (Lipinski definition) is 8. The molecular weight excluding hydrogens is 384 g/mol. The third kappa shape index (κ3) is 3.77. The Balaban J connectivity index is 1.43. The first-order chi connectivity index (χ1) is 13.3. The van der Waals surface area contributed by atoms with Crippen LogP contribution in [0.4, 0.5) is 25.5 Å². The van der Waals surface area contributed by atoms with Gasteiger partial charge in [0, 0.05) is 43.7 Å². The minimum Gasteiger partial charge on any atom is -0.352 e. The van der Waals surface area contributed by atoms with Gasteiger partial charge in [0.1, 0.15) is 10.8 Å². The zero-order valence-corrected chi connectivity index (χ0v) is 16.5. The standard InChI is InChI=1S/C18H21F2N7S/c1-11-7-22-16(24-14-5-12(2)26-28-14)25-15(11)27-9-17(10-27,3-4-21)23-8-13-6-18(13,19)20/h5,7,13,23H,3,6,8-10H2,1-2H3,(H,22,24,25). The van der Waals surface area contributed by atoms with Crippen LogP contribution >= 0.6 is 11.5 Å². The monoisotopic (exact) mass is 405 g/mol. The van der Waals surface area contributed by atoms with Crippen LogP contribution in [-0.2, 0) is 0 Å². The van der Waals surface area contributed by atoms with Gasteiger partial charge in [0.2, 0.25) is 5.95 Å². The van der Waals surface area contributed by atoms with Crippen molar-refractivity contribution in [1.29, 1.82) is 5.26 Å². The minimum absolute atomic E-state index is 0.0660. The molecule has 28 heavy (non-hydrogen) atoms. The van der Waals surface area contributed by atoms with Gasteiger partial charge in [-0.05, 0) is 31.4 Å². The second kappa shape index (κ2) is 6.90. The molecule has 0 amide bonds. The van der Waals surface area contributed by atoms with Gasteiger partial charge in [-0.2, -0.15) is 14.6 Å². The summed E-state index contributed by atoms with van der Waals surface area (Å²) in [7, 11) is 0. The summed E-state index contributed by atoms with van der Waals surface area (Å²) >= 11 is 1.34. The number of nitrogens with one attached hydrogen (secondary N) is 2. The largest absolute Gasteiger partial charge is 0.352 e. The van der Waals surface area contributed by atoms with Crippen molar-refractivity contribution in [1.82, 2.24) is 19.7 Å². The molecule has 7 nitrogen and oxygen atoms in total. The number of hydrogen-bond donors (Lipinski definition) is 2. The van der Waals surface area contributed by atoms with Gasteiger partial charge < -0.3 is 15.5 Å². The van der Waals surface area contributed by atoms with E-state index in [9.17, 15) is 14.0 Å². The minimum atomic E-state index is -2.55. The Kier molecular flexibility index (Phi) is 4.67. The third-order valence-electron chi connectivity index (χ3n) is 5.19. The molecule has 0 spiro atoms. The van der Waals surface area contributed by atoms with E-state index >= 15 is 0 Å². The first kappa shape index (κ1) is 19.0. The van der Waals surface area contributed by atoms with Crippen LogP contribution < -0.4 is 15.5 Å². The van der Waals surface area contributed by atoms with Crippen LogP contribution in [0.1, 0.15) is 24.1 Å². The van der Waals surface area contributed by atoms with Gasteiger partial charge >= 0.3 is 0 Å². The van der Waals surface area contributed by atoms with Crippen LogP contribution in [0.3, 0.4) is 0 Å². The summed E-state index contributed by atoms with van der Waals surface area (Å²) in [6.45, 7) is 5.19. The lowest BCUT2D eigenvalue weighted by Gasteiger charge is -2.50. The summed E-state index contributed by atoms with van der Waals surface area (Å²) in [6.07, 6.45) is 1.96. The number of alkyl halides is 2. The van der Waals surface area contributed by atoms with Crippen molar-refractivity contribution >= 4 is 28.3 Å². The summed E-state index contributed by atoms with van der Waals surface area (Å²) in [5.74, 6) is -1.90. The molecule has 3 heterocycles. The van der Waals surface area contributed by atoms with Gasteiger partial charge in [0.15, 0.2) is 0 Å². The summed E-state index contributed by atoms with van der Waals surface area (Å²) in [5, 5.41) is 16.4. The highest BCUT2D eigenvalue weighted by Gasteiger charge is 2.57. The fourth-order valence-corrected chi connectivity index (χ4v) is 4.10. The van der Waals surface area contributed by atoms with E-state index < -0.39 is 17.4 Å². The first-order valence-electron chi connectivity index (χ1n) is 9.09. The molecule has 1 aliphatic heterocycles. The maximum absolute atomic E-state index is 13.2. The molecule has 1 saturated heterocycles. The average molecular weight is 405 g/mol.